The van der Waals surface area contributed by atoms with Gasteiger partial charge < -0.3 is 25.3 Å². The van der Waals surface area contributed by atoms with E-state index < -0.39 is 0 Å². The molecule has 0 radical (unpaired) electrons. The summed E-state index contributed by atoms with van der Waals surface area (Å²) >= 11 is 0. The fourth-order valence-electron chi connectivity index (χ4n) is 6.42. The number of benzene rings is 6. The molecule has 0 aliphatic rings. The van der Waals surface area contributed by atoms with Crippen LogP contribution in [0.3, 0.4) is 0 Å². The molecule has 0 aromatic heterocycles. The van der Waals surface area contributed by atoms with Crippen LogP contribution in [0.4, 0.5) is 39.8 Å². The maximum atomic E-state index is 3.50. The van der Waals surface area contributed by atoms with Crippen molar-refractivity contribution in [2.45, 2.75) is 18.9 Å². The standard InChI is InChI=1S/C44H47N5/c1-44(49(4)43-26-20-36(21-27-43)32-35-14-8-5-9-15-35,33-47(2)41-28-22-39(23-29-41)45-37-16-10-6-11-17-37)34-48(3)42-30-24-40(25-31-42)46-38-18-12-7-13-19-38/h5-31,45-46H,32-34H2,1-4H3. The summed E-state index contributed by atoms with van der Waals surface area (Å²) in [6.45, 7) is 4.01. The zero-order chi connectivity index (χ0) is 34.1. The van der Waals surface area contributed by atoms with E-state index >= 15 is 0 Å². The van der Waals surface area contributed by atoms with Crippen LogP contribution in [0.15, 0.2) is 164 Å². The number of hydrogen-bond donors (Lipinski definition) is 2. The largest absolute Gasteiger partial charge is 0.372 e. The van der Waals surface area contributed by atoms with Crippen molar-refractivity contribution in [2.75, 3.05) is 59.6 Å². The van der Waals surface area contributed by atoms with Crippen molar-refractivity contribution in [2.24, 2.45) is 0 Å². The Kier molecular flexibility index (Phi) is 10.5. The molecule has 49 heavy (non-hydrogen) atoms. The van der Waals surface area contributed by atoms with E-state index in [1.807, 2.05) is 36.4 Å². The van der Waals surface area contributed by atoms with Gasteiger partial charge in [0.05, 0.1) is 5.54 Å². The number of anilines is 7. The van der Waals surface area contributed by atoms with Crippen molar-refractivity contribution in [3.05, 3.63) is 175 Å². The molecule has 0 saturated heterocycles. The molecule has 0 aliphatic carbocycles. The molecule has 0 saturated carbocycles. The minimum Gasteiger partial charge on any atom is -0.372 e. The fraction of sp³-hybridized carbons (Fsp3) is 0.182. The third-order valence-electron chi connectivity index (χ3n) is 9.28. The minimum absolute atomic E-state index is 0.244. The molecule has 0 fully saturated rings. The summed E-state index contributed by atoms with van der Waals surface area (Å²) in [4.78, 5) is 7.18. The number of likely N-dealkylation sites (N-methyl/N-ethyl adjacent to an activating group) is 3. The van der Waals surface area contributed by atoms with Gasteiger partial charge in [0.2, 0.25) is 0 Å². The van der Waals surface area contributed by atoms with E-state index in [9.17, 15) is 0 Å². The van der Waals surface area contributed by atoms with Crippen molar-refractivity contribution in [3.63, 3.8) is 0 Å². The third kappa shape index (κ3) is 8.82. The number of para-hydroxylation sites is 2. The Labute approximate surface area is 292 Å². The lowest BCUT2D eigenvalue weighted by Gasteiger charge is -2.45. The molecule has 6 rings (SSSR count). The van der Waals surface area contributed by atoms with Gasteiger partial charge in [0.1, 0.15) is 0 Å². The van der Waals surface area contributed by atoms with Gasteiger partial charge in [-0.25, -0.2) is 0 Å². The Morgan fingerprint density at radius 1 is 0.408 bits per heavy atom. The zero-order valence-electron chi connectivity index (χ0n) is 29.1. The maximum absolute atomic E-state index is 3.50. The van der Waals surface area contributed by atoms with Crippen molar-refractivity contribution >= 4 is 39.8 Å². The third-order valence-corrected chi connectivity index (χ3v) is 9.28. The van der Waals surface area contributed by atoms with Crippen molar-refractivity contribution in [3.8, 4) is 0 Å². The molecular weight excluding hydrogens is 599 g/mol. The van der Waals surface area contributed by atoms with Crippen LogP contribution < -0.4 is 25.3 Å². The summed E-state index contributed by atoms with van der Waals surface area (Å²) in [5.41, 5.74) is 10.3. The Bertz CT molecular complexity index is 1760. The van der Waals surface area contributed by atoms with E-state index in [0.717, 1.165) is 42.3 Å². The van der Waals surface area contributed by atoms with E-state index in [2.05, 4.69) is 181 Å². The molecule has 6 aromatic rings. The Balaban J connectivity index is 1.20. The SMILES string of the molecule is CN(CC(C)(CN(C)c1ccc(Nc2ccccc2)cc1)N(C)c1ccc(Cc2ccccc2)cc1)c1ccc(Nc2ccccc2)cc1. The van der Waals surface area contributed by atoms with Crippen molar-refractivity contribution < 1.29 is 0 Å². The Morgan fingerprint density at radius 3 is 1.18 bits per heavy atom. The van der Waals surface area contributed by atoms with E-state index in [1.54, 1.807) is 0 Å². The van der Waals surface area contributed by atoms with Gasteiger partial charge >= 0.3 is 0 Å². The van der Waals surface area contributed by atoms with E-state index in [1.165, 1.54) is 28.2 Å². The molecule has 0 atom stereocenters. The molecule has 0 heterocycles. The van der Waals surface area contributed by atoms with Crippen LogP contribution in [-0.2, 0) is 6.42 Å². The molecular formula is C44H47N5. The summed E-state index contributed by atoms with van der Waals surface area (Å²) in [7, 11) is 6.62. The van der Waals surface area contributed by atoms with Crippen LogP contribution in [0.5, 0.6) is 0 Å². The highest BCUT2D eigenvalue weighted by Gasteiger charge is 2.33. The number of rotatable bonds is 14. The maximum Gasteiger partial charge on any atom is 0.0719 e. The van der Waals surface area contributed by atoms with Gasteiger partial charge in [-0.05, 0) is 109 Å². The molecule has 5 nitrogen and oxygen atoms in total. The van der Waals surface area contributed by atoms with Crippen LogP contribution in [0, 0.1) is 0 Å². The summed E-state index contributed by atoms with van der Waals surface area (Å²) in [6.07, 6.45) is 0.928. The lowest BCUT2D eigenvalue weighted by molar-refractivity contribution is 0.446. The lowest BCUT2D eigenvalue weighted by atomic mass is 9.96. The molecule has 0 bridgehead atoms. The fourth-order valence-corrected chi connectivity index (χ4v) is 6.42. The first-order valence-electron chi connectivity index (χ1n) is 17.0. The molecule has 0 spiro atoms. The van der Waals surface area contributed by atoms with Gasteiger partial charge in [-0.1, -0.05) is 78.9 Å². The number of nitrogens with zero attached hydrogens (tertiary/aromatic N) is 3. The minimum atomic E-state index is -0.244. The number of nitrogens with one attached hydrogen (secondary N) is 2. The van der Waals surface area contributed by atoms with Crippen LogP contribution in [0.2, 0.25) is 0 Å². The molecule has 0 amide bonds. The highest BCUT2D eigenvalue weighted by molar-refractivity contribution is 5.64. The smallest absolute Gasteiger partial charge is 0.0719 e. The van der Waals surface area contributed by atoms with Gasteiger partial charge in [0, 0.05) is 74.0 Å². The summed E-state index contributed by atoms with van der Waals surface area (Å²) in [5.74, 6) is 0. The first kappa shape index (κ1) is 33.2. The second-order valence-corrected chi connectivity index (χ2v) is 13.2. The lowest BCUT2D eigenvalue weighted by Crippen LogP contribution is -2.58. The average molecular weight is 646 g/mol. The van der Waals surface area contributed by atoms with Gasteiger partial charge in [0.25, 0.3) is 0 Å². The van der Waals surface area contributed by atoms with Crippen molar-refractivity contribution in [1.82, 2.24) is 0 Å². The molecule has 5 heteroatoms. The second-order valence-electron chi connectivity index (χ2n) is 13.2. The molecule has 0 unspecified atom stereocenters. The quantitative estimate of drug-likeness (QED) is 0.123. The summed E-state index contributed by atoms with van der Waals surface area (Å²) in [5, 5.41) is 7.00. The van der Waals surface area contributed by atoms with Crippen LogP contribution >= 0.6 is 0 Å². The highest BCUT2D eigenvalue weighted by atomic mass is 15.3. The van der Waals surface area contributed by atoms with Gasteiger partial charge in [-0.2, -0.15) is 0 Å². The Morgan fingerprint density at radius 2 is 0.755 bits per heavy atom. The normalized spacial score (nSPS) is 11.1. The summed E-state index contributed by atoms with van der Waals surface area (Å²) < 4.78 is 0. The zero-order valence-corrected chi connectivity index (χ0v) is 29.1. The highest BCUT2D eigenvalue weighted by Crippen LogP contribution is 2.30. The molecule has 0 aliphatic heterocycles. The van der Waals surface area contributed by atoms with E-state index in [0.29, 0.717) is 0 Å². The van der Waals surface area contributed by atoms with Crippen LogP contribution in [-0.4, -0.2) is 39.8 Å². The number of hydrogen-bond acceptors (Lipinski definition) is 5. The van der Waals surface area contributed by atoms with Gasteiger partial charge in [-0.15, -0.1) is 0 Å². The molecule has 6 aromatic carbocycles. The topological polar surface area (TPSA) is 33.8 Å². The van der Waals surface area contributed by atoms with Crippen LogP contribution in [0.25, 0.3) is 0 Å². The predicted octanol–water partition coefficient (Wildman–Crippen LogP) is 10.2. The molecule has 248 valence electrons. The Hall–Kier alpha value is -5.68. The predicted molar refractivity (Wildman–Crippen MR) is 211 cm³/mol. The summed E-state index contributed by atoms with van der Waals surface area (Å²) in [6, 6.07) is 57.8. The van der Waals surface area contributed by atoms with Crippen LogP contribution in [0.1, 0.15) is 18.1 Å². The molecule has 2 N–H and O–H groups in total. The van der Waals surface area contributed by atoms with E-state index in [-0.39, 0.29) is 5.54 Å². The van der Waals surface area contributed by atoms with Crippen molar-refractivity contribution in [1.29, 1.82) is 0 Å². The average Bonchev–Trinajstić information content (AvgIpc) is 3.13. The second kappa shape index (κ2) is 15.5. The van der Waals surface area contributed by atoms with Gasteiger partial charge in [0.15, 0.2) is 0 Å². The van der Waals surface area contributed by atoms with E-state index in [4.69, 9.17) is 0 Å². The van der Waals surface area contributed by atoms with Gasteiger partial charge in [-0.3, -0.25) is 0 Å². The monoisotopic (exact) mass is 645 g/mol. The first-order valence-corrected chi connectivity index (χ1v) is 17.0. The first-order chi connectivity index (χ1) is 23.8.